The van der Waals surface area contributed by atoms with Gasteiger partial charge in [-0.05, 0) is 36.3 Å². The molecule has 1 aromatic carbocycles. The molecule has 0 aliphatic carbocycles. The van der Waals surface area contributed by atoms with Gasteiger partial charge in [-0.2, -0.15) is 0 Å². The van der Waals surface area contributed by atoms with Gasteiger partial charge >= 0.3 is 11.9 Å². The first kappa shape index (κ1) is 17.9. The van der Waals surface area contributed by atoms with Gasteiger partial charge in [0.1, 0.15) is 0 Å². The molecule has 1 aliphatic rings. The van der Waals surface area contributed by atoms with E-state index in [-0.39, 0.29) is 0 Å². The molecule has 0 aromatic heterocycles. The van der Waals surface area contributed by atoms with E-state index in [4.69, 9.17) is 21.7 Å². The SMILES string of the molecule is CCCC1=C(C(=O)OC)[C@H](c2ccc(C(=O)OC)cc2)NC(=S)N1. The van der Waals surface area contributed by atoms with Crippen LogP contribution in [0.4, 0.5) is 0 Å². The second-order valence-electron chi connectivity index (χ2n) is 5.28. The molecule has 7 heteroatoms. The summed E-state index contributed by atoms with van der Waals surface area (Å²) in [5.41, 5.74) is 2.50. The summed E-state index contributed by atoms with van der Waals surface area (Å²) in [7, 11) is 2.68. The molecule has 0 fully saturated rings. The fourth-order valence-electron chi connectivity index (χ4n) is 2.60. The molecule has 0 amide bonds. The molecule has 1 atom stereocenters. The maximum Gasteiger partial charge on any atom is 0.337 e. The highest BCUT2D eigenvalue weighted by molar-refractivity contribution is 7.80. The summed E-state index contributed by atoms with van der Waals surface area (Å²) < 4.78 is 9.63. The van der Waals surface area contributed by atoms with E-state index in [1.165, 1.54) is 14.2 Å². The van der Waals surface area contributed by atoms with Crippen molar-refractivity contribution in [3.8, 4) is 0 Å². The molecule has 0 bridgehead atoms. The van der Waals surface area contributed by atoms with Crippen LogP contribution in [-0.4, -0.2) is 31.3 Å². The smallest absolute Gasteiger partial charge is 0.337 e. The first-order chi connectivity index (χ1) is 11.5. The molecule has 0 saturated heterocycles. The summed E-state index contributed by atoms with van der Waals surface area (Å²) in [5, 5.41) is 6.59. The number of ether oxygens (including phenoxy) is 2. The standard InChI is InChI=1S/C17H20N2O4S/c1-4-5-12-13(16(21)23-3)14(19-17(24)18-12)10-6-8-11(9-7-10)15(20)22-2/h6-9,14H,4-5H2,1-3H3,(H2,18,19,24)/t14-/m0/s1. The summed E-state index contributed by atoms with van der Waals surface area (Å²) in [6.45, 7) is 2.02. The van der Waals surface area contributed by atoms with Crippen molar-refractivity contribution in [1.29, 1.82) is 0 Å². The zero-order valence-corrected chi connectivity index (χ0v) is 14.7. The van der Waals surface area contributed by atoms with Crippen molar-refractivity contribution in [3.63, 3.8) is 0 Å². The maximum atomic E-state index is 12.3. The van der Waals surface area contributed by atoms with E-state index in [0.717, 1.165) is 17.7 Å². The number of esters is 2. The molecule has 1 heterocycles. The molecule has 2 rings (SSSR count). The molecule has 0 radical (unpaired) electrons. The molecule has 24 heavy (non-hydrogen) atoms. The number of hydrogen-bond acceptors (Lipinski definition) is 5. The van der Waals surface area contributed by atoms with Crippen LogP contribution < -0.4 is 10.6 Å². The number of rotatable bonds is 5. The maximum absolute atomic E-state index is 12.3. The molecular formula is C17H20N2O4S. The van der Waals surface area contributed by atoms with E-state index in [1.54, 1.807) is 24.3 Å². The summed E-state index contributed by atoms with van der Waals surface area (Å²) in [5.74, 6) is -0.825. The van der Waals surface area contributed by atoms with Crippen LogP contribution in [0.3, 0.4) is 0 Å². The van der Waals surface area contributed by atoms with E-state index >= 15 is 0 Å². The van der Waals surface area contributed by atoms with Crippen molar-refractivity contribution in [1.82, 2.24) is 10.6 Å². The van der Waals surface area contributed by atoms with Crippen molar-refractivity contribution >= 4 is 29.3 Å². The Bertz CT molecular complexity index is 682. The molecule has 0 unspecified atom stereocenters. The Morgan fingerprint density at radius 1 is 1.12 bits per heavy atom. The number of benzene rings is 1. The van der Waals surface area contributed by atoms with Crippen LogP contribution in [0, 0.1) is 0 Å². The van der Waals surface area contributed by atoms with Gasteiger partial charge in [0.15, 0.2) is 5.11 Å². The monoisotopic (exact) mass is 348 g/mol. The zero-order valence-electron chi connectivity index (χ0n) is 13.8. The minimum Gasteiger partial charge on any atom is -0.466 e. The Balaban J connectivity index is 2.44. The first-order valence-electron chi connectivity index (χ1n) is 7.59. The van der Waals surface area contributed by atoms with E-state index < -0.39 is 18.0 Å². The molecule has 0 saturated carbocycles. The second-order valence-corrected chi connectivity index (χ2v) is 5.69. The fourth-order valence-corrected chi connectivity index (χ4v) is 2.84. The summed E-state index contributed by atoms with van der Waals surface area (Å²) in [6.07, 6.45) is 1.54. The Kier molecular flexibility index (Phi) is 5.92. The van der Waals surface area contributed by atoms with Crippen molar-refractivity contribution < 1.29 is 19.1 Å². The molecule has 1 aliphatic heterocycles. The lowest BCUT2D eigenvalue weighted by Crippen LogP contribution is -2.45. The zero-order chi connectivity index (χ0) is 17.7. The number of methoxy groups -OCH3 is 2. The van der Waals surface area contributed by atoms with Crippen LogP contribution in [-0.2, 0) is 14.3 Å². The summed E-state index contributed by atoms with van der Waals surface area (Å²) >= 11 is 5.25. The Labute approximate surface area is 146 Å². The van der Waals surface area contributed by atoms with Crippen molar-refractivity contribution in [2.45, 2.75) is 25.8 Å². The third-order valence-corrected chi connectivity index (χ3v) is 3.94. The topological polar surface area (TPSA) is 76.7 Å². The summed E-state index contributed by atoms with van der Waals surface area (Å²) in [6, 6.07) is 6.42. The number of carbonyl (C=O) groups is 2. The van der Waals surface area contributed by atoms with Gasteiger partial charge in [0.2, 0.25) is 0 Å². The minimum absolute atomic E-state index is 0.411. The number of allylic oxidation sites excluding steroid dienone is 1. The van der Waals surface area contributed by atoms with Crippen molar-refractivity contribution in [2.24, 2.45) is 0 Å². The molecule has 0 spiro atoms. The Morgan fingerprint density at radius 2 is 1.75 bits per heavy atom. The summed E-state index contributed by atoms with van der Waals surface area (Å²) in [4.78, 5) is 23.8. The van der Waals surface area contributed by atoms with Crippen molar-refractivity contribution in [3.05, 3.63) is 46.7 Å². The van der Waals surface area contributed by atoms with Crippen LogP contribution in [0.2, 0.25) is 0 Å². The van der Waals surface area contributed by atoms with Crippen molar-refractivity contribution in [2.75, 3.05) is 14.2 Å². The third kappa shape index (κ3) is 3.73. The van der Waals surface area contributed by atoms with Gasteiger partial charge in [0.25, 0.3) is 0 Å². The van der Waals surface area contributed by atoms with Crippen LogP contribution in [0.5, 0.6) is 0 Å². The minimum atomic E-state index is -0.431. The molecule has 1 aromatic rings. The molecule has 2 N–H and O–H groups in total. The Morgan fingerprint density at radius 3 is 2.29 bits per heavy atom. The number of hydrogen-bond donors (Lipinski definition) is 2. The third-order valence-electron chi connectivity index (χ3n) is 3.72. The van der Waals surface area contributed by atoms with E-state index in [1.807, 2.05) is 6.92 Å². The van der Waals surface area contributed by atoms with Crippen LogP contribution in [0.15, 0.2) is 35.5 Å². The lowest BCUT2D eigenvalue weighted by atomic mass is 9.93. The largest absolute Gasteiger partial charge is 0.466 e. The van der Waals surface area contributed by atoms with Crippen LogP contribution in [0.1, 0.15) is 41.7 Å². The number of nitrogens with one attached hydrogen (secondary N) is 2. The lowest BCUT2D eigenvalue weighted by Gasteiger charge is -2.31. The van der Waals surface area contributed by atoms with Gasteiger partial charge in [-0.15, -0.1) is 0 Å². The molecule has 128 valence electrons. The quantitative estimate of drug-likeness (QED) is 0.624. The highest BCUT2D eigenvalue weighted by Gasteiger charge is 2.31. The number of carbonyl (C=O) groups excluding carboxylic acids is 2. The van der Waals surface area contributed by atoms with Gasteiger partial charge in [0, 0.05) is 5.70 Å². The Hall–Kier alpha value is -2.41. The van der Waals surface area contributed by atoms with E-state index in [2.05, 4.69) is 10.6 Å². The van der Waals surface area contributed by atoms with Crippen LogP contribution in [0.25, 0.3) is 0 Å². The van der Waals surface area contributed by atoms with Gasteiger partial charge in [-0.25, -0.2) is 9.59 Å². The highest BCUT2D eigenvalue weighted by atomic mass is 32.1. The van der Waals surface area contributed by atoms with Gasteiger partial charge in [-0.1, -0.05) is 25.5 Å². The van der Waals surface area contributed by atoms with E-state index in [0.29, 0.717) is 22.7 Å². The van der Waals surface area contributed by atoms with Crippen LogP contribution >= 0.6 is 12.2 Å². The average molecular weight is 348 g/mol. The predicted molar refractivity (Wildman–Crippen MR) is 93.3 cm³/mol. The highest BCUT2D eigenvalue weighted by Crippen LogP contribution is 2.29. The van der Waals surface area contributed by atoms with Gasteiger partial charge < -0.3 is 20.1 Å². The van der Waals surface area contributed by atoms with E-state index in [9.17, 15) is 9.59 Å². The number of thiocarbonyl (C=S) groups is 1. The molecular weight excluding hydrogens is 328 g/mol. The fraction of sp³-hybridized carbons (Fsp3) is 0.353. The second kappa shape index (κ2) is 7.92. The average Bonchev–Trinajstić information content (AvgIpc) is 2.60. The normalized spacial score (nSPS) is 17.0. The predicted octanol–water partition coefficient (Wildman–Crippen LogP) is 2.22. The first-order valence-corrected chi connectivity index (χ1v) is 7.99. The van der Waals surface area contributed by atoms with Gasteiger partial charge in [0.05, 0.1) is 31.4 Å². The van der Waals surface area contributed by atoms with Gasteiger partial charge in [-0.3, -0.25) is 0 Å². The molecule has 6 nitrogen and oxygen atoms in total. The lowest BCUT2D eigenvalue weighted by molar-refractivity contribution is -0.136.